The van der Waals surface area contributed by atoms with E-state index in [9.17, 15) is 19.8 Å². The van der Waals surface area contributed by atoms with Crippen LogP contribution in [0.3, 0.4) is 0 Å². The molecule has 0 aliphatic carbocycles. The van der Waals surface area contributed by atoms with Gasteiger partial charge in [-0.05, 0) is 51.4 Å². The second-order valence-electron chi connectivity index (χ2n) is 24.6. The van der Waals surface area contributed by atoms with Crippen molar-refractivity contribution < 1.29 is 24.5 Å². The number of allylic oxidation sites excluding steroid dienone is 2. The molecule has 6 nitrogen and oxygen atoms in total. The highest BCUT2D eigenvalue weighted by molar-refractivity contribution is 5.76. The highest BCUT2D eigenvalue weighted by Crippen LogP contribution is 2.19. The molecule has 0 aromatic rings. The van der Waals surface area contributed by atoms with Crippen LogP contribution in [0.5, 0.6) is 0 Å². The van der Waals surface area contributed by atoms with Crippen molar-refractivity contribution in [3.8, 4) is 0 Å². The van der Waals surface area contributed by atoms with Crippen molar-refractivity contribution in [3.05, 3.63) is 12.2 Å². The smallest absolute Gasteiger partial charge is 0.305 e. The van der Waals surface area contributed by atoms with Gasteiger partial charge in [-0.15, -0.1) is 0 Å². The van der Waals surface area contributed by atoms with Gasteiger partial charge in [-0.2, -0.15) is 0 Å². The Bertz CT molecular complexity index is 1160. The largest absolute Gasteiger partial charge is 0.466 e. The van der Waals surface area contributed by atoms with E-state index in [1.165, 1.54) is 334 Å². The predicted octanol–water partition coefficient (Wildman–Crippen LogP) is 22.8. The molecule has 1 amide bonds. The standard InChI is InChI=1S/C71H139NO5/c1-3-5-7-9-11-13-15-17-19-21-22-23-24-26-29-32-35-39-43-47-51-55-59-63-69(74)68(67-73)72-70(75)64-60-56-52-48-44-40-36-33-30-27-25-28-31-34-38-42-46-50-54-58-62-66-77-71(76)65-61-57-53-49-45-41-37-20-18-16-14-12-10-8-6-4-2/h27,30,68-69,73-74H,3-26,28-29,31-67H2,1-2H3,(H,72,75)/b30-27-. The first kappa shape index (κ1) is 75.6. The van der Waals surface area contributed by atoms with E-state index in [-0.39, 0.29) is 18.5 Å². The lowest BCUT2D eigenvalue weighted by atomic mass is 10.0. The van der Waals surface area contributed by atoms with Crippen LogP contribution in [0.25, 0.3) is 0 Å². The topological polar surface area (TPSA) is 95.9 Å². The van der Waals surface area contributed by atoms with Gasteiger partial charge in [-0.1, -0.05) is 353 Å². The fraction of sp³-hybridized carbons (Fsp3) is 0.944. The van der Waals surface area contributed by atoms with Crippen LogP contribution in [0.15, 0.2) is 12.2 Å². The fourth-order valence-corrected chi connectivity index (χ4v) is 11.4. The first-order chi connectivity index (χ1) is 38.0. The van der Waals surface area contributed by atoms with Crippen molar-refractivity contribution >= 4 is 11.9 Å². The van der Waals surface area contributed by atoms with Gasteiger partial charge in [-0.25, -0.2) is 0 Å². The van der Waals surface area contributed by atoms with E-state index in [4.69, 9.17) is 4.74 Å². The molecule has 0 aliphatic heterocycles. The Morgan fingerprint density at radius 3 is 0.922 bits per heavy atom. The van der Waals surface area contributed by atoms with Crippen LogP contribution in [0.2, 0.25) is 0 Å². The molecule has 0 rings (SSSR count). The van der Waals surface area contributed by atoms with Crippen LogP contribution in [0.4, 0.5) is 0 Å². The summed E-state index contributed by atoms with van der Waals surface area (Å²) in [6.07, 6.45) is 82.5. The summed E-state index contributed by atoms with van der Waals surface area (Å²) in [7, 11) is 0. The third-order valence-electron chi connectivity index (χ3n) is 16.8. The zero-order valence-electron chi connectivity index (χ0n) is 52.5. The SMILES string of the molecule is CCCCCCCCCCCCCCCCCCCCCCCCCC(O)C(CO)NC(=O)CCCCCCCCC/C=C\CCCCCCCCCCCCOC(=O)CCCCCCCCCCCCCCCCCC. The Morgan fingerprint density at radius 1 is 0.351 bits per heavy atom. The molecular formula is C71H139NO5. The van der Waals surface area contributed by atoms with Gasteiger partial charge in [0, 0.05) is 12.8 Å². The second kappa shape index (κ2) is 67.1. The first-order valence-corrected chi connectivity index (χ1v) is 35.4. The number of aliphatic hydroxyl groups excluding tert-OH is 2. The lowest BCUT2D eigenvalue weighted by Gasteiger charge is -2.22. The van der Waals surface area contributed by atoms with Crippen LogP contribution in [0, 0.1) is 0 Å². The van der Waals surface area contributed by atoms with E-state index in [0.29, 0.717) is 25.9 Å². The Hall–Kier alpha value is -1.40. The molecule has 77 heavy (non-hydrogen) atoms. The molecule has 0 radical (unpaired) electrons. The predicted molar refractivity (Wildman–Crippen MR) is 338 cm³/mol. The lowest BCUT2D eigenvalue weighted by molar-refractivity contribution is -0.143. The molecule has 0 saturated carbocycles. The average molecular weight is 1090 g/mol. The summed E-state index contributed by atoms with van der Waals surface area (Å²) >= 11 is 0. The molecule has 2 unspecified atom stereocenters. The number of unbranched alkanes of at least 4 members (excludes halogenated alkanes) is 54. The number of aliphatic hydroxyl groups is 2. The van der Waals surface area contributed by atoms with Gasteiger partial charge < -0.3 is 20.3 Å². The molecule has 3 N–H and O–H groups in total. The van der Waals surface area contributed by atoms with Gasteiger partial charge in [0.1, 0.15) is 0 Å². The number of carbonyl (C=O) groups is 2. The maximum absolute atomic E-state index is 12.5. The van der Waals surface area contributed by atoms with Gasteiger partial charge in [0.05, 0.1) is 25.4 Å². The highest BCUT2D eigenvalue weighted by atomic mass is 16.5. The van der Waals surface area contributed by atoms with Crippen molar-refractivity contribution in [1.82, 2.24) is 5.32 Å². The van der Waals surface area contributed by atoms with Crippen molar-refractivity contribution in [2.45, 2.75) is 418 Å². The molecule has 0 fully saturated rings. The molecule has 0 aromatic heterocycles. The van der Waals surface area contributed by atoms with Crippen molar-refractivity contribution in [3.63, 3.8) is 0 Å². The zero-order chi connectivity index (χ0) is 55.7. The van der Waals surface area contributed by atoms with E-state index in [2.05, 4.69) is 31.3 Å². The lowest BCUT2D eigenvalue weighted by Crippen LogP contribution is -2.45. The van der Waals surface area contributed by atoms with Crippen molar-refractivity contribution in [1.29, 1.82) is 0 Å². The van der Waals surface area contributed by atoms with E-state index in [1.807, 2.05) is 0 Å². The molecule has 0 bridgehead atoms. The first-order valence-electron chi connectivity index (χ1n) is 35.4. The number of esters is 1. The van der Waals surface area contributed by atoms with Crippen LogP contribution >= 0.6 is 0 Å². The monoisotopic (exact) mass is 1090 g/mol. The number of hydrogen-bond acceptors (Lipinski definition) is 5. The summed E-state index contributed by atoms with van der Waals surface area (Å²) in [5.41, 5.74) is 0. The average Bonchev–Trinajstić information content (AvgIpc) is 3.43. The molecule has 2 atom stereocenters. The van der Waals surface area contributed by atoms with Crippen molar-refractivity contribution in [2.24, 2.45) is 0 Å². The molecule has 0 heterocycles. The quantitative estimate of drug-likeness (QED) is 0.0320. The van der Waals surface area contributed by atoms with E-state index < -0.39 is 12.1 Å². The summed E-state index contributed by atoms with van der Waals surface area (Å²) in [4.78, 5) is 24.6. The minimum Gasteiger partial charge on any atom is -0.466 e. The summed E-state index contributed by atoms with van der Waals surface area (Å²) in [5.74, 6) is -0.0246. The molecule has 0 aromatic carbocycles. The molecule has 0 saturated heterocycles. The third kappa shape index (κ3) is 63.6. The van der Waals surface area contributed by atoms with E-state index >= 15 is 0 Å². The molecular weight excluding hydrogens is 947 g/mol. The highest BCUT2D eigenvalue weighted by Gasteiger charge is 2.20. The molecule has 0 spiro atoms. The van der Waals surface area contributed by atoms with Gasteiger partial charge in [0.25, 0.3) is 0 Å². The minimum absolute atomic E-state index is 0.0130. The van der Waals surface area contributed by atoms with Crippen LogP contribution in [-0.4, -0.2) is 47.4 Å². The Kier molecular flexibility index (Phi) is 65.9. The maximum atomic E-state index is 12.5. The van der Waals surface area contributed by atoms with Gasteiger partial charge >= 0.3 is 5.97 Å². The Morgan fingerprint density at radius 2 is 0.610 bits per heavy atom. The van der Waals surface area contributed by atoms with Crippen LogP contribution < -0.4 is 5.32 Å². The summed E-state index contributed by atoms with van der Waals surface area (Å²) in [6.45, 7) is 4.99. The Balaban J connectivity index is 3.40. The fourth-order valence-electron chi connectivity index (χ4n) is 11.4. The molecule has 458 valence electrons. The summed E-state index contributed by atoms with van der Waals surface area (Å²) < 4.78 is 5.50. The molecule has 6 heteroatoms. The van der Waals surface area contributed by atoms with Crippen LogP contribution in [0.1, 0.15) is 406 Å². The van der Waals surface area contributed by atoms with E-state index in [0.717, 1.165) is 38.5 Å². The normalized spacial score (nSPS) is 12.5. The number of carbonyl (C=O) groups excluding carboxylic acids is 2. The number of rotatable bonds is 67. The summed E-state index contributed by atoms with van der Waals surface area (Å²) in [5, 5.41) is 23.4. The van der Waals surface area contributed by atoms with Gasteiger partial charge in [-0.3, -0.25) is 9.59 Å². The third-order valence-corrected chi connectivity index (χ3v) is 16.8. The van der Waals surface area contributed by atoms with Crippen molar-refractivity contribution in [2.75, 3.05) is 13.2 Å². The maximum Gasteiger partial charge on any atom is 0.305 e. The second-order valence-corrected chi connectivity index (χ2v) is 24.6. The molecule has 0 aliphatic rings. The van der Waals surface area contributed by atoms with Crippen LogP contribution in [-0.2, 0) is 14.3 Å². The summed E-state index contributed by atoms with van der Waals surface area (Å²) in [6, 6.07) is -0.548. The minimum atomic E-state index is -0.670. The number of hydrogen-bond donors (Lipinski definition) is 3. The Labute approximate surface area is 482 Å². The van der Waals surface area contributed by atoms with E-state index in [1.54, 1.807) is 0 Å². The van der Waals surface area contributed by atoms with Gasteiger partial charge in [0.2, 0.25) is 5.91 Å². The zero-order valence-corrected chi connectivity index (χ0v) is 52.5. The number of nitrogens with one attached hydrogen (secondary N) is 1. The van der Waals surface area contributed by atoms with Gasteiger partial charge in [0.15, 0.2) is 0 Å². The number of amides is 1. The number of ether oxygens (including phenoxy) is 1.